The van der Waals surface area contributed by atoms with E-state index in [1.165, 1.54) is 0 Å². The lowest BCUT2D eigenvalue weighted by molar-refractivity contribution is 0.139. The number of nitrogens with zero attached hydrogens (tertiary/aromatic N) is 1. The lowest BCUT2D eigenvalue weighted by Crippen LogP contribution is -2.27. The first-order valence-corrected chi connectivity index (χ1v) is 9.74. The Morgan fingerprint density at radius 1 is 1.11 bits per heavy atom. The summed E-state index contributed by atoms with van der Waals surface area (Å²) in [5, 5.41) is 3.94. The Labute approximate surface area is 173 Å². The third-order valence-corrected chi connectivity index (χ3v) is 5.58. The summed E-state index contributed by atoms with van der Waals surface area (Å²) >= 11 is 12.4. The van der Waals surface area contributed by atoms with Gasteiger partial charge in [-0.3, -0.25) is 4.98 Å². The summed E-state index contributed by atoms with van der Waals surface area (Å²) in [4.78, 5) is 16.4. The van der Waals surface area contributed by atoms with Gasteiger partial charge in [0, 0.05) is 35.5 Å². The van der Waals surface area contributed by atoms with Crippen LogP contribution in [0.1, 0.15) is 23.5 Å². The summed E-state index contributed by atoms with van der Waals surface area (Å²) in [6, 6.07) is 17.2. The molecule has 0 spiro atoms. The molecule has 0 radical (unpaired) electrons. The molecule has 2 aromatic carbocycles. The minimum atomic E-state index is -0.404. The van der Waals surface area contributed by atoms with Crippen LogP contribution >= 0.6 is 23.2 Å². The van der Waals surface area contributed by atoms with Crippen LogP contribution in [-0.4, -0.2) is 17.1 Å². The number of pyridine rings is 1. The summed E-state index contributed by atoms with van der Waals surface area (Å²) in [7, 11) is 0. The lowest BCUT2D eigenvalue weighted by Gasteiger charge is -2.09. The first kappa shape index (κ1) is 18.8. The zero-order valence-corrected chi connectivity index (χ0v) is 16.5. The van der Waals surface area contributed by atoms with Crippen LogP contribution in [0, 0.1) is 0 Å². The highest BCUT2D eigenvalue weighted by atomic mass is 35.5. The fraction of sp³-hybridized carbons (Fsp3) is 0.182. The maximum Gasteiger partial charge on any atom is 0.407 e. The first-order chi connectivity index (χ1) is 13.6. The number of hydrogen-bond donors (Lipinski definition) is 1. The number of aromatic nitrogens is 1. The molecule has 1 aromatic heterocycles. The number of rotatable bonds is 5. The van der Waals surface area contributed by atoms with E-state index in [4.69, 9.17) is 27.9 Å². The highest BCUT2D eigenvalue weighted by molar-refractivity contribution is 6.43. The molecule has 0 saturated heterocycles. The lowest BCUT2D eigenvalue weighted by atomic mass is 10.0. The molecule has 6 heteroatoms. The molecule has 2 unspecified atom stereocenters. The van der Waals surface area contributed by atoms with Crippen LogP contribution in [0.4, 0.5) is 4.79 Å². The molecule has 142 valence electrons. The van der Waals surface area contributed by atoms with Gasteiger partial charge in [-0.2, -0.15) is 0 Å². The molecular formula is C22H18Cl2N2O2. The van der Waals surface area contributed by atoms with E-state index in [1.54, 1.807) is 12.3 Å². The molecule has 1 fully saturated rings. The largest absolute Gasteiger partial charge is 0.445 e. The Morgan fingerprint density at radius 2 is 1.93 bits per heavy atom. The standard InChI is InChI=1S/C22H18Cl2N2O2/c23-19-8-4-7-17(21(19)24)15-9-16(12-25-11-15)18-10-20(18)26-22(27)28-13-14-5-2-1-3-6-14/h1-9,11-12,18,20H,10,13H2,(H,26,27). The van der Waals surface area contributed by atoms with Crippen molar-refractivity contribution in [3.63, 3.8) is 0 Å². The fourth-order valence-electron chi connectivity index (χ4n) is 3.17. The molecule has 1 heterocycles. The van der Waals surface area contributed by atoms with E-state index in [-0.39, 0.29) is 18.6 Å². The highest BCUT2D eigenvalue weighted by Gasteiger charge is 2.40. The molecule has 28 heavy (non-hydrogen) atoms. The van der Waals surface area contributed by atoms with Crippen LogP contribution in [0.25, 0.3) is 11.1 Å². The number of halogens is 2. The normalized spacial score (nSPS) is 17.8. The second kappa shape index (κ2) is 8.21. The van der Waals surface area contributed by atoms with Gasteiger partial charge in [0.2, 0.25) is 0 Å². The molecule has 1 saturated carbocycles. The average molecular weight is 413 g/mol. The van der Waals surface area contributed by atoms with Crippen molar-refractivity contribution in [1.82, 2.24) is 10.3 Å². The Hall–Kier alpha value is -2.56. The number of hydrogen-bond acceptors (Lipinski definition) is 3. The third kappa shape index (κ3) is 4.29. The van der Waals surface area contributed by atoms with Crippen molar-refractivity contribution in [2.45, 2.75) is 25.0 Å². The van der Waals surface area contributed by atoms with Gasteiger partial charge in [-0.15, -0.1) is 0 Å². The van der Waals surface area contributed by atoms with E-state index in [9.17, 15) is 4.79 Å². The summed E-state index contributed by atoms with van der Waals surface area (Å²) in [6.07, 6.45) is 4.04. The van der Waals surface area contributed by atoms with Crippen molar-refractivity contribution in [2.24, 2.45) is 0 Å². The SMILES string of the molecule is O=C(NC1CC1c1cncc(-c2cccc(Cl)c2Cl)c1)OCc1ccccc1. The molecule has 4 nitrogen and oxygen atoms in total. The molecule has 1 aliphatic rings. The predicted molar refractivity (Wildman–Crippen MR) is 111 cm³/mol. The number of carbonyl (C=O) groups excluding carboxylic acids is 1. The summed E-state index contributed by atoms with van der Waals surface area (Å²) in [5.74, 6) is 0.217. The van der Waals surface area contributed by atoms with Crippen molar-refractivity contribution < 1.29 is 9.53 Å². The first-order valence-electron chi connectivity index (χ1n) is 8.98. The van der Waals surface area contributed by atoms with Crippen molar-refractivity contribution in [3.05, 3.63) is 88.2 Å². The predicted octanol–water partition coefficient (Wildman–Crippen LogP) is 5.84. The molecule has 0 aliphatic heterocycles. The van der Waals surface area contributed by atoms with Gasteiger partial charge >= 0.3 is 6.09 Å². The minimum Gasteiger partial charge on any atom is -0.445 e. The van der Waals surface area contributed by atoms with E-state index in [0.29, 0.717) is 10.0 Å². The summed E-state index contributed by atoms with van der Waals surface area (Å²) in [5.41, 5.74) is 3.76. The van der Waals surface area contributed by atoms with Crippen LogP contribution in [-0.2, 0) is 11.3 Å². The topological polar surface area (TPSA) is 51.2 Å². The highest BCUT2D eigenvalue weighted by Crippen LogP contribution is 2.42. The summed E-state index contributed by atoms with van der Waals surface area (Å²) < 4.78 is 5.29. The maximum absolute atomic E-state index is 12.0. The fourth-order valence-corrected chi connectivity index (χ4v) is 3.58. The smallest absolute Gasteiger partial charge is 0.407 e. The van der Waals surface area contributed by atoms with Crippen LogP contribution < -0.4 is 5.32 Å². The van der Waals surface area contributed by atoms with Gasteiger partial charge in [-0.05, 0) is 29.7 Å². The van der Waals surface area contributed by atoms with Crippen molar-refractivity contribution in [3.8, 4) is 11.1 Å². The molecule has 1 amide bonds. The zero-order valence-electron chi connectivity index (χ0n) is 14.9. The van der Waals surface area contributed by atoms with E-state index in [2.05, 4.69) is 10.3 Å². The zero-order chi connectivity index (χ0) is 19.5. The third-order valence-electron chi connectivity index (χ3n) is 4.76. The number of alkyl carbamates (subject to hydrolysis) is 1. The van der Waals surface area contributed by atoms with E-state index in [1.807, 2.05) is 54.7 Å². The molecular weight excluding hydrogens is 395 g/mol. The summed E-state index contributed by atoms with van der Waals surface area (Å²) in [6.45, 7) is 0.258. The molecule has 4 rings (SSSR count). The van der Waals surface area contributed by atoms with Gasteiger partial charge in [0.25, 0.3) is 0 Å². The molecule has 0 bridgehead atoms. The van der Waals surface area contributed by atoms with Gasteiger partial charge in [-0.25, -0.2) is 4.79 Å². The van der Waals surface area contributed by atoms with Crippen LogP contribution in [0.3, 0.4) is 0 Å². The number of carbonyl (C=O) groups is 1. The monoisotopic (exact) mass is 412 g/mol. The molecule has 1 aliphatic carbocycles. The second-order valence-electron chi connectivity index (χ2n) is 6.76. The van der Waals surface area contributed by atoms with Gasteiger partial charge in [0.1, 0.15) is 6.61 Å². The van der Waals surface area contributed by atoms with Crippen molar-refractivity contribution in [2.75, 3.05) is 0 Å². The van der Waals surface area contributed by atoms with Gasteiger partial charge in [0.05, 0.1) is 10.0 Å². The number of ether oxygens (including phenoxy) is 1. The minimum absolute atomic E-state index is 0.0511. The Kier molecular flexibility index (Phi) is 5.51. The average Bonchev–Trinajstić information content (AvgIpc) is 3.48. The molecule has 2 atom stereocenters. The van der Waals surface area contributed by atoms with Crippen molar-refractivity contribution in [1.29, 1.82) is 0 Å². The number of nitrogens with one attached hydrogen (secondary N) is 1. The van der Waals surface area contributed by atoms with Crippen LogP contribution in [0.2, 0.25) is 10.0 Å². The molecule has 3 aromatic rings. The Balaban J connectivity index is 1.37. The number of amides is 1. The van der Waals surface area contributed by atoms with Gasteiger partial charge in [-0.1, -0.05) is 65.7 Å². The van der Waals surface area contributed by atoms with Crippen LogP contribution in [0.5, 0.6) is 0 Å². The maximum atomic E-state index is 12.0. The van der Waals surface area contributed by atoms with Crippen LogP contribution in [0.15, 0.2) is 67.0 Å². The van der Waals surface area contributed by atoms with Crippen molar-refractivity contribution >= 4 is 29.3 Å². The van der Waals surface area contributed by atoms with Gasteiger partial charge < -0.3 is 10.1 Å². The van der Waals surface area contributed by atoms with E-state index < -0.39 is 6.09 Å². The van der Waals surface area contributed by atoms with E-state index >= 15 is 0 Å². The Bertz CT molecular complexity index is 995. The quantitative estimate of drug-likeness (QED) is 0.572. The number of benzene rings is 2. The Morgan fingerprint density at radius 3 is 2.75 bits per heavy atom. The van der Waals surface area contributed by atoms with E-state index in [0.717, 1.165) is 28.7 Å². The second-order valence-corrected chi connectivity index (χ2v) is 7.55. The molecule has 1 N–H and O–H groups in total. The van der Waals surface area contributed by atoms with Gasteiger partial charge in [0.15, 0.2) is 0 Å².